The molecule has 22 heavy (non-hydrogen) atoms. The molecule has 0 bridgehead atoms. The molecule has 110 valence electrons. The van der Waals surface area contributed by atoms with Crippen molar-refractivity contribution in [2.24, 2.45) is 0 Å². The summed E-state index contributed by atoms with van der Waals surface area (Å²) in [6.45, 7) is 2.10. The first-order chi connectivity index (χ1) is 10.9. The molecule has 5 nitrogen and oxygen atoms in total. The van der Waals surface area contributed by atoms with Crippen molar-refractivity contribution in [2.75, 3.05) is 18.0 Å². The highest BCUT2D eigenvalue weighted by molar-refractivity contribution is 5.79. The highest BCUT2D eigenvalue weighted by Gasteiger charge is 2.14. The Morgan fingerprint density at radius 2 is 1.86 bits per heavy atom. The van der Waals surface area contributed by atoms with Crippen LogP contribution in [0.1, 0.15) is 12.8 Å². The van der Waals surface area contributed by atoms with Crippen molar-refractivity contribution < 1.29 is 4.74 Å². The summed E-state index contributed by atoms with van der Waals surface area (Å²) in [4.78, 5) is 15.1. The normalized spacial score (nSPS) is 14.5. The van der Waals surface area contributed by atoms with Gasteiger partial charge in [-0.05, 0) is 31.0 Å². The molecule has 0 amide bonds. The molecule has 0 N–H and O–H groups in total. The zero-order valence-corrected chi connectivity index (χ0v) is 12.1. The first-order valence-electron chi connectivity index (χ1n) is 7.48. The van der Waals surface area contributed by atoms with Crippen molar-refractivity contribution in [1.82, 2.24) is 15.0 Å². The van der Waals surface area contributed by atoms with Gasteiger partial charge in [0.1, 0.15) is 17.9 Å². The minimum Gasteiger partial charge on any atom is -0.439 e. The van der Waals surface area contributed by atoms with E-state index in [2.05, 4.69) is 19.9 Å². The zero-order valence-electron chi connectivity index (χ0n) is 12.1. The quantitative estimate of drug-likeness (QED) is 0.740. The molecular formula is C17H16N4O. The smallest absolute Gasteiger partial charge is 0.224 e. The van der Waals surface area contributed by atoms with Crippen LogP contribution in [0.25, 0.3) is 10.9 Å². The van der Waals surface area contributed by atoms with Gasteiger partial charge < -0.3 is 9.64 Å². The Morgan fingerprint density at radius 1 is 0.955 bits per heavy atom. The van der Waals surface area contributed by atoms with Crippen molar-refractivity contribution in [2.45, 2.75) is 12.8 Å². The van der Waals surface area contributed by atoms with Crippen molar-refractivity contribution in [3.63, 3.8) is 0 Å². The minimum atomic E-state index is 0.562. The lowest BCUT2D eigenvalue weighted by Gasteiger charge is -2.16. The Bertz CT molecular complexity index is 799. The molecule has 0 spiro atoms. The average molecular weight is 292 g/mol. The highest BCUT2D eigenvalue weighted by Crippen LogP contribution is 2.26. The second kappa shape index (κ2) is 5.60. The number of hydrogen-bond acceptors (Lipinski definition) is 5. The van der Waals surface area contributed by atoms with E-state index in [0.717, 1.165) is 35.6 Å². The lowest BCUT2D eigenvalue weighted by atomic mass is 10.2. The van der Waals surface area contributed by atoms with E-state index in [1.165, 1.54) is 12.8 Å². The number of hydrogen-bond donors (Lipinski definition) is 0. The third kappa shape index (κ3) is 2.57. The van der Waals surface area contributed by atoms with E-state index in [0.29, 0.717) is 5.88 Å². The van der Waals surface area contributed by atoms with Crippen LogP contribution in [-0.4, -0.2) is 28.0 Å². The standard InChI is InChI=1S/C17H16N4O/c1-2-9-21(8-1)16-11-17(20-12-19-16)22-14-6-5-13-4-3-7-18-15(13)10-14/h3-7,10-12H,1-2,8-9H2. The summed E-state index contributed by atoms with van der Waals surface area (Å²) in [5, 5.41) is 1.09. The van der Waals surface area contributed by atoms with Gasteiger partial charge in [-0.25, -0.2) is 9.97 Å². The summed E-state index contributed by atoms with van der Waals surface area (Å²) in [6, 6.07) is 11.7. The van der Waals surface area contributed by atoms with Crippen molar-refractivity contribution >= 4 is 16.7 Å². The lowest BCUT2D eigenvalue weighted by Crippen LogP contribution is -2.18. The highest BCUT2D eigenvalue weighted by atomic mass is 16.5. The van der Waals surface area contributed by atoms with Gasteiger partial charge in [-0.2, -0.15) is 0 Å². The zero-order chi connectivity index (χ0) is 14.8. The van der Waals surface area contributed by atoms with Crippen LogP contribution in [-0.2, 0) is 0 Å². The van der Waals surface area contributed by atoms with Gasteiger partial charge in [0.2, 0.25) is 5.88 Å². The topological polar surface area (TPSA) is 51.1 Å². The third-order valence-electron chi connectivity index (χ3n) is 3.86. The molecule has 0 atom stereocenters. The summed E-state index contributed by atoms with van der Waals surface area (Å²) in [5.41, 5.74) is 0.911. The molecule has 1 saturated heterocycles. The van der Waals surface area contributed by atoms with Crippen LogP contribution in [0.4, 0.5) is 5.82 Å². The number of aromatic nitrogens is 3. The van der Waals surface area contributed by atoms with Crippen LogP contribution >= 0.6 is 0 Å². The monoisotopic (exact) mass is 292 g/mol. The molecule has 3 aromatic rings. The molecule has 2 aromatic heterocycles. The van der Waals surface area contributed by atoms with Crippen LogP contribution < -0.4 is 9.64 Å². The molecule has 1 aliphatic heterocycles. The Kier molecular flexibility index (Phi) is 3.31. The van der Waals surface area contributed by atoms with Gasteiger partial charge in [-0.15, -0.1) is 0 Å². The Hall–Kier alpha value is -2.69. The number of ether oxygens (including phenoxy) is 1. The molecule has 1 fully saturated rings. The van der Waals surface area contributed by atoms with Gasteiger partial charge in [0.05, 0.1) is 5.52 Å². The Balaban J connectivity index is 1.60. The van der Waals surface area contributed by atoms with Crippen LogP contribution in [0, 0.1) is 0 Å². The lowest BCUT2D eigenvalue weighted by molar-refractivity contribution is 0.462. The van der Waals surface area contributed by atoms with Gasteiger partial charge in [0.25, 0.3) is 0 Å². The number of rotatable bonds is 3. The summed E-state index contributed by atoms with van der Waals surface area (Å²) < 4.78 is 5.87. The Labute approximate surface area is 128 Å². The third-order valence-corrected chi connectivity index (χ3v) is 3.86. The second-order valence-electron chi connectivity index (χ2n) is 5.37. The molecule has 4 rings (SSSR count). The van der Waals surface area contributed by atoms with E-state index in [1.54, 1.807) is 12.5 Å². The molecule has 0 unspecified atom stereocenters. The summed E-state index contributed by atoms with van der Waals surface area (Å²) in [5.74, 6) is 2.23. The molecule has 0 saturated carbocycles. The van der Waals surface area contributed by atoms with Crippen LogP contribution in [0.3, 0.4) is 0 Å². The van der Waals surface area contributed by atoms with E-state index >= 15 is 0 Å². The van der Waals surface area contributed by atoms with Gasteiger partial charge >= 0.3 is 0 Å². The number of fused-ring (bicyclic) bond motifs is 1. The number of pyridine rings is 1. The summed E-state index contributed by atoms with van der Waals surface area (Å²) in [7, 11) is 0. The SMILES string of the molecule is c1cnc2cc(Oc3cc(N4CCCC4)ncn3)ccc2c1. The number of anilines is 1. The molecular weight excluding hydrogens is 276 g/mol. The van der Waals surface area contributed by atoms with Gasteiger partial charge in [-0.3, -0.25) is 4.98 Å². The van der Waals surface area contributed by atoms with Crippen LogP contribution in [0.15, 0.2) is 48.9 Å². The number of nitrogens with zero attached hydrogens (tertiary/aromatic N) is 4. The average Bonchev–Trinajstić information content (AvgIpc) is 3.10. The minimum absolute atomic E-state index is 0.562. The van der Waals surface area contributed by atoms with Gasteiger partial charge in [-0.1, -0.05) is 6.07 Å². The van der Waals surface area contributed by atoms with Gasteiger partial charge in [0, 0.05) is 36.8 Å². The molecule has 5 heteroatoms. The van der Waals surface area contributed by atoms with E-state index < -0.39 is 0 Å². The van der Waals surface area contributed by atoms with Crippen molar-refractivity contribution in [3.05, 3.63) is 48.9 Å². The fourth-order valence-corrected chi connectivity index (χ4v) is 2.74. The fraction of sp³-hybridized carbons (Fsp3) is 0.235. The maximum atomic E-state index is 5.87. The number of benzene rings is 1. The van der Waals surface area contributed by atoms with E-state index in [4.69, 9.17) is 4.74 Å². The predicted molar refractivity (Wildman–Crippen MR) is 85.3 cm³/mol. The first kappa shape index (κ1) is 13.0. The maximum absolute atomic E-state index is 5.87. The fourth-order valence-electron chi connectivity index (χ4n) is 2.74. The second-order valence-corrected chi connectivity index (χ2v) is 5.37. The van der Waals surface area contributed by atoms with E-state index in [-0.39, 0.29) is 0 Å². The molecule has 1 aliphatic rings. The predicted octanol–water partition coefficient (Wildman–Crippen LogP) is 3.42. The van der Waals surface area contributed by atoms with E-state index in [9.17, 15) is 0 Å². The van der Waals surface area contributed by atoms with Gasteiger partial charge in [0.15, 0.2) is 0 Å². The summed E-state index contributed by atoms with van der Waals surface area (Å²) in [6.07, 6.45) is 5.78. The van der Waals surface area contributed by atoms with E-state index in [1.807, 2.05) is 36.4 Å². The Morgan fingerprint density at radius 3 is 2.77 bits per heavy atom. The summed E-state index contributed by atoms with van der Waals surface area (Å²) >= 11 is 0. The molecule has 0 radical (unpaired) electrons. The van der Waals surface area contributed by atoms with Crippen molar-refractivity contribution in [3.8, 4) is 11.6 Å². The first-order valence-corrected chi connectivity index (χ1v) is 7.48. The largest absolute Gasteiger partial charge is 0.439 e. The molecule has 1 aromatic carbocycles. The van der Waals surface area contributed by atoms with Crippen LogP contribution in [0.5, 0.6) is 11.6 Å². The van der Waals surface area contributed by atoms with Crippen molar-refractivity contribution in [1.29, 1.82) is 0 Å². The van der Waals surface area contributed by atoms with Crippen LogP contribution in [0.2, 0.25) is 0 Å². The molecule has 3 heterocycles. The molecule has 0 aliphatic carbocycles. The maximum Gasteiger partial charge on any atom is 0.224 e.